The Morgan fingerprint density at radius 1 is 0.774 bits per heavy atom. The Bertz CT molecular complexity index is 1040. The third-order valence-electron chi connectivity index (χ3n) is 7.34. The number of benzene rings is 3. The van der Waals surface area contributed by atoms with Crippen LogP contribution in [0.1, 0.15) is 39.9 Å². The van der Waals surface area contributed by atoms with Crippen LogP contribution in [-0.2, 0) is 18.3 Å². The number of carbonyl (C=O) groups excluding carboxylic acids is 1. The molecule has 1 fully saturated rings. The van der Waals surface area contributed by atoms with Crippen LogP contribution in [0.15, 0.2) is 84.9 Å². The van der Waals surface area contributed by atoms with Crippen LogP contribution in [0.3, 0.4) is 0 Å². The molecule has 0 aromatic heterocycles. The van der Waals surface area contributed by atoms with Crippen molar-refractivity contribution in [2.45, 2.75) is 43.2 Å². The van der Waals surface area contributed by atoms with Crippen molar-refractivity contribution in [2.24, 2.45) is 0 Å². The molecule has 0 amide bonds. The topological polar surface area (TPSA) is 40.5 Å². The van der Waals surface area contributed by atoms with E-state index in [0.29, 0.717) is 6.42 Å². The van der Waals surface area contributed by atoms with Gasteiger partial charge in [-0.2, -0.15) is 0 Å². The van der Waals surface area contributed by atoms with Crippen molar-refractivity contribution in [3.63, 3.8) is 0 Å². The molecule has 1 aliphatic carbocycles. The molecule has 1 aliphatic heterocycles. The van der Waals surface area contributed by atoms with Crippen molar-refractivity contribution < 1.29 is 9.90 Å². The van der Waals surface area contributed by atoms with Crippen LogP contribution in [0.25, 0.3) is 0 Å². The number of aliphatic hydroxyl groups excluding tert-OH is 1. The predicted molar refractivity (Wildman–Crippen MR) is 123 cm³/mol. The number of piperidine rings is 1. The molecule has 3 heteroatoms. The number of hydrogen-bond acceptors (Lipinski definition) is 3. The second-order valence-corrected chi connectivity index (χ2v) is 8.99. The first-order chi connectivity index (χ1) is 15.2. The van der Waals surface area contributed by atoms with E-state index in [1.165, 1.54) is 11.1 Å². The number of carbonyl (C=O) groups is 1. The molecule has 2 atom stereocenters. The van der Waals surface area contributed by atoms with E-state index in [1.807, 2.05) is 48.5 Å². The normalized spacial score (nSPS) is 23.1. The lowest BCUT2D eigenvalue weighted by atomic mass is 9.67. The fourth-order valence-corrected chi connectivity index (χ4v) is 5.56. The second-order valence-electron chi connectivity index (χ2n) is 8.99. The lowest BCUT2D eigenvalue weighted by Gasteiger charge is -2.46. The first-order valence-corrected chi connectivity index (χ1v) is 11.3. The highest BCUT2D eigenvalue weighted by Gasteiger charge is 2.45. The van der Waals surface area contributed by atoms with Gasteiger partial charge in [-0.05, 0) is 49.0 Å². The summed E-state index contributed by atoms with van der Waals surface area (Å²) < 4.78 is 0. The van der Waals surface area contributed by atoms with E-state index < -0.39 is 5.41 Å². The molecule has 3 aromatic carbocycles. The molecule has 1 saturated heterocycles. The smallest absolute Gasteiger partial charge is 0.173 e. The van der Waals surface area contributed by atoms with Crippen LogP contribution in [0.5, 0.6) is 0 Å². The molecule has 0 saturated carbocycles. The zero-order chi connectivity index (χ0) is 21.3. The van der Waals surface area contributed by atoms with Crippen LogP contribution >= 0.6 is 0 Å². The molecule has 158 valence electrons. The lowest BCUT2D eigenvalue weighted by molar-refractivity contribution is 0.0188. The summed E-state index contributed by atoms with van der Waals surface area (Å²) in [4.78, 5) is 16.2. The average molecular weight is 412 g/mol. The van der Waals surface area contributed by atoms with Crippen LogP contribution in [0.4, 0.5) is 0 Å². The molecule has 1 N–H and O–H groups in total. The first-order valence-electron chi connectivity index (χ1n) is 11.3. The lowest BCUT2D eigenvalue weighted by Crippen LogP contribution is -2.55. The Labute approximate surface area is 184 Å². The maximum absolute atomic E-state index is 13.8. The number of rotatable bonds is 4. The molecule has 31 heavy (non-hydrogen) atoms. The van der Waals surface area contributed by atoms with E-state index in [4.69, 9.17) is 0 Å². The minimum Gasteiger partial charge on any atom is -0.391 e. The van der Waals surface area contributed by atoms with Gasteiger partial charge in [0.15, 0.2) is 5.78 Å². The monoisotopic (exact) mass is 411 g/mol. The third-order valence-corrected chi connectivity index (χ3v) is 7.34. The van der Waals surface area contributed by atoms with Crippen molar-refractivity contribution in [2.75, 3.05) is 13.1 Å². The summed E-state index contributed by atoms with van der Waals surface area (Å²) in [6.45, 7) is 1.63. The maximum atomic E-state index is 13.8. The summed E-state index contributed by atoms with van der Waals surface area (Å²) in [5.41, 5.74) is 4.00. The Hall–Kier alpha value is -2.75. The highest BCUT2D eigenvalue weighted by atomic mass is 16.3. The molecular formula is C28H29NO2. The SMILES string of the molecule is O=C(c1ccccc1)C1(c2ccccc2)CCN([C@@H]2Cc3ccccc3C[C@H]2O)CC1. The number of ketones is 1. The first kappa shape index (κ1) is 20.2. The Kier molecular flexibility index (Phi) is 5.47. The summed E-state index contributed by atoms with van der Waals surface area (Å²) in [5, 5.41) is 10.9. The summed E-state index contributed by atoms with van der Waals surface area (Å²) in [5.74, 6) is 0.216. The Balaban J connectivity index is 1.41. The number of aliphatic hydroxyl groups is 1. The van der Waals surface area contributed by atoms with Gasteiger partial charge < -0.3 is 5.11 Å². The maximum Gasteiger partial charge on any atom is 0.173 e. The molecule has 0 spiro atoms. The van der Waals surface area contributed by atoms with Crippen LogP contribution in [0, 0.1) is 0 Å². The van der Waals surface area contributed by atoms with Crippen LogP contribution in [0.2, 0.25) is 0 Å². The number of hydrogen-bond donors (Lipinski definition) is 1. The quantitative estimate of drug-likeness (QED) is 0.646. The Morgan fingerprint density at radius 3 is 1.97 bits per heavy atom. The van der Waals surface area contributed by atoms with E-state index in [2.05, 4.69) is 41.3 Å². The molecular weight excluding hydrogens is 382 g/mol. The third kappa shape index (κ3) is 3.73. The standard InChI is InChI=1S/C28H29NO2/c30-26-20-23-12-8-7-11-22(23)19-25(26)29-17-15-28(16-18-29,24-13-5-2-6-14-24)27(31)21-9-3-1-4-10-21/h1-14,25-26,30H,15-20H2/t25-,26-/m1/s1. The van der Waals surface area contributed by atoms with E-state index in [0.717, 1.165) is 43.5 Å². The minimum absolute atomic E-state index is 0.121. The summed E-state index contributed by atoms with van der Waals surface area (Å²) in [7, 11) is 0. The Morgan fingerprint density at radius 2 is 1.32 bits per heavy atom. The minimum atomic E-state index is -0.503. The molecule has 5 rings (SSSR count). The van der Waals surface area contributed by atoms with Gasteiger partial charge in [-0.15, -0.1) is 0 Å². The van der Waals surface area contributed by atoms with Gasteiger partial charge in [0.25, 0.3) is 0 Å². The molecule has 0 bridgehead atoms. The van der Waals surface area contributed by atoms with Crippen LogP contribution in [-0.4, -0.2) is 41.0 Å². The molecule has 0 unspecified atom stereocenters. The largest absolute Gasteiger partial charge is 0.391 e. The summed E-state index contributed by atoms with van der Waals surface area (Å²) in [6.07, 6.45) is 2.78. The summed E-state index contributed by atoms with van der Waals surface area (Å²) >= 11 is 0. The fraction of sp³-hybridized carbons (Fsp3) is 0.321. The van der Waals surface area contributed by atoms with E-state index in [9.17, 15) is 9.90 Å². The van der Waals surface area contributed by atoms with Gasteiger partial charge in [-0.3, -0.25) is 9.69 Å². The molecule has 3 nitrogen and oxygen atoms in total. The van der Waals surface area contributed by atoms with Crippen molar-refractivity contribution in [3.05, 3.63) is 107 Å². The van der Waals surface area contributed by atoms with Crippen molar-refractivity contribution in [3.8, 4) is 0 Å². The molecule has 1 heterocycles. The summed E-state index contributed by atoms with van der Waals surface area (Å²) in [6, 6.07) is 28.5. The van der Waals surface area contributed by atoms with Gasteiger partial charge in [0, 0.05) is 18.0 Å². The van der Waals surface area contributed by atoms with Gasteiger partial charge in [-0.25, -0.2) is 0 Å². The molecule has 0 radical (unpaired) electrons. The second kappa shape index (κ2) is 8.41. The van der Waals surface area contributed by atoms with E-state index in [1.54, 1.807) is 0 Å². The zero-order valence-corrected chi connectivity index (χ0v) is 17.8. The van der Waals surface area contributed by atoms with Crippen molar-refractivity contribution in [1.29, 1.82) is 0 Å². The highest BCUT2D eigenvalue weighted by molar-refractivity contribution is 6.04. The predicted octanol–water partition coefficient (Wildman–Crippen LogP) is 4.43. The highest BCUT2D eigenvalue weighted by Crippen LogP contribution is 2.40. The molecule has 2 aliphatic rings. The van der Waals surface area contributed by atoms with E-state index >= 15 is 0 Å². The molecule has 3 aromatic rings. The van der Waals surface area contributed by atoms with Crippen molar-refractivity contribution in [1.82, 2.24) is 4.90 Å². The van der Waals surface area contributed by atoms with Gasteiger partial charge in [-0.1, -0.05) is 84.9 Å². The van der Waals surface area contributed by atoms with Gasteiger partial charge in [0.05, 0.1) is 11.5 Å². The average Bonchev–Trinajstić information content (AvgIpc) is 2.84. The fourth-order valence-electron chi connectivity index (χ4n) is 5.56. The van der Waals surface area contributed by atoms with Crippen molar-refractivity contribution >= 4 is 5.78 Å². The van der Waals surface area contributed by atoms with Gasteiger partial charge in [0.2, 0.25) is 0 Å². The van der Waals surface area contributed by atoms with Crippen LogP contribution < -0.4 is 0 Å². The van der Waals surface area contributed by atoms with E-state index in [-0.39, 0.29) is 17.9 Å². The zero-order valence-electron chi connectivity index (χ0n) is 17.8. The van der Waals surface area contributed by atoms with Gasteiger partial charge in [0.1, 0.15) is 0 Å². The number of fused-ring (bicyclic) bond motifs is 1. The van der Waals surface area contributed by atoms with Gasteiger partial charge >= 0.3 is 0 Å². The number of nitrogens with zero attached hydrogens (tertiary/aromatic N) is 1. The number of Topliss-reactive ketones (excluding diaryl/α,β-unsaturated/α-hetero) is 1. The number of likely N-dealkylation sites (tertiary alicyclic amines) is 1.